The molecule has 16 heavy (non-hydrogen) atoms. The summed E-state index contributed by atoms with van der Waals surface area (Å²) in [6.45, 7) is 3.03. The van der Waals surface area contributed by atoms with Crippen molar-refractivity contribution in [2.45, 2.75) is 13.8 Å². The SMILES string of the molecule is CC(=O)c1cc(C(C)=O)c2ccccc2c1. The summed E-state index contributed by atoms with van der Waals surface area (Å²) in [5.74, 6) is -0.0347. The third kappa shape index (κ3) is 1.74. The number of hydrogen-bond acceptors (Lipinski definition) is 2. The van der Waals surface area contributed by atoms with E-state index in [0.717, 1.165) is 10.8 Å². The summed E-state index contributed by atoms with van der Waals surface area (Å²) < 4.78 is 0. The summed E-state index contributed by atoms with van der Waals surface area (Å²) in [7, 11) is 0. The van der Waals surface area contributed by atoms with Gasteiger partial charge in [0.2, 0.25) is 0 Å². The van der Waals surface area contributed by atoms with E-state index in [9.17, 15) is 9.59 Å². The Morgan fingerprint density at radius 2 is 1.62 bits per heavy atom. The lowest BCUT2D eigenvalue weighted by molar-refractivity contribution is 0.101. The molecule has 0 aliphatic carbocycles. The minimum absolute atomic E-state index is 0.0145. The van der Waals surface area contributed by atoms with Crippen molar-refractivity contribution in [1.82, 2.24) is 0 Å². The highest BCUT2D eigenvalue weighted by Crippen LogP contribution is 2.21. The van der Waals surface area contributed by atoms with Crippen molar-refractivity contribution in [3.63, 3.8) is 0 Å². The second-order valence-electron chi connectivity index (χ2n) is 3.86. The number of rotatable bonds is 2. The Morgan fingerprint density at radius 3 is 2.25 bits per heavy atom. The molecule has 0 saturated heterocycles. The molecule has 0 aromatic heterocycles. The molecular formula is C14H12O2. The number of fused-ring (bicyclic) bond motifs is 1. The van der Waals surface area contributed by atoms with Crippen LogP contribution >= 0.6 is 0 Å². The van der Waals surface area contributed by atoms with Crippen LogP contribution in [0, 0.1) is 0 Å². The predicted molar refractivity (Wildman–Crippen MR) is 64.0 cm³/mol. The summed E-state index contributed by atoms with van der Waals surface area (Å²) in [6, 6.07) is 11.1. The Bertz CT molecular complexity index is 582. The first-order valence-corrected chi connectivity index (χ1v) is 5.14. The molecule has 0 radical (unpaired) electrons. The average Bonchev–Trinajstić information content (AvgIpc) is 2.27. The van der Waals surface area contributed by atoms with Crippen LogP contribution < -0.4 is 0 Å². The molecule has 0 aliphatic rings. The van der Waals surface area contributed by atoms with Crippen molar-refractivity contribution in [2.75, 3.05) is 0 Å². The van der Waals surface area contributed by atoms with Gasteiger partial charge in [-0.05, 0) is 36.8 Å². The highest BCUT2D eigenvalue weighted by molar-refractivity contribution is 6.10. The summed E-state index contributed by atoms with van der Waals surface area (Å²) in [4.78, 5) is 22.9. The first-order valence-electron chi connectivity index (χ1n) is 5.14. The van der Waals surface area contributed by atoms with Gasteiger partial charge in [-0.1, -0.05) is 24.3 Å². The first kappa shape index (κ1) is 10.6. The topological polar surface area (TPSA) is 34.1 Å². The maximum Gasteiger partial charge on any atom is 0.160 e. The van der Waals surface area contributed by atoms with Gasteiger partial charge >= 0.3 is 0 Å². The Hall–Kier alpha value is -1.96. The van der Waals surface area contributed by atoms with E-state index >= 15 is 0 Å². The lowest BCUT2D eigenvalue weighted by Gasteiger charge is -2.05. The lowest BCUT2D eigenvalue weighted by Crippen LogP contribution is -1.99. The van der Waals surface area contributed by atoms with Gasteiger partial charge in [-0.3, -0.25) is 9.59 Å². The van der Waals surface area contributed by atoms with Crippen molar-refractivity contribution in [3.05, 3.63) is 47.5 Å². The van der Waals surface area contributed by atoms with Crippen molar-refractivity contribution in [1.29, 1.82) is 0 Å². The summed E-state index contributed by atoms with van der Waals surface area (Å²) in [5.41, 5.74) is 1.20. The summed E-state index contributed by atoms with van der Waals surface area (Å²) in [6.07, 6.45) is 0. The fourth-order valence-electron chi connectivity index (χ4n) is 1.81. The second kappa shape index (κ2) is 3.89. The third-order valence-electron chi connectivity index (χ3n) is 2.65. The maximum atomic E-state index is 11.5. The molecule has 0 unspecified atom stereocenters. The van der Waals surface area contributed by atoms with Gasteiger partial charge in [-0.2, -0.15) is 0 Å². The molecule has 2 aromatic carbocycles. The largest absolute Gasteiger partial charge is 0.295 e. The monoisotopic (exact) mass is 212 g/mol. The zero-order valence-corrected chi connectivity index (χ0v) is 9.28. The Kier molecular flexibility index (Phi) is 2.57. The van der Waals surface area contributed by atoms with Crippen LogP contribution in [-0.4, -0.2) is 11.6 Å². The normalized spacial score (nSPS) is 10.4. The lowest BCUT2D eigenvalue weighted by atomic mass is 9.97. The number of carbonyl (C=O) groups excluding carboxylic acids is 2. The highest BCUT2D eigenvalue weighted by atomic mass is 16.1. The van der Waals surface area contributed by atoms with E-state index in [-0.39, 0.29) is 11.6 Å². The third-order valence-corrected chi connectivity index (χ3v) is 2.65. The van der Waals surface area contributed by atoms with Gasteiger partial charge in [0, 0.05) is 11.1 Å². The molecule has 0 fully saturated rings. The highest BCUT2D eigenvalue weighted by Gasteiger charge is 2.09. The molecule has 0 aliphatic heterocycles. The molecule has 2 heteroatoms. The van der Waals surface area contributed by atoms with Crippen molar-refractivity contribution >= 4 is 22.3 Å². The standard InChI is InChI=1S/C14H12O2/c1-9(15)12-7-11-5-3-4-6-13(11)14(8-12)10(2)16/h3-8H,1-2H3. The second-order valence-corrected chi connectivity index (χ2v) is 3.86. The van der Waals surface area contributed by atoms with E-state index in [1.807, 2.05) is 30.3 Å². The number of carbonyl (C=O) groups is 2. The number of ketones is 2. The van der Waals surface area contributed by atoms with Crippen LogP contribution in [0.15, 0.2) is 36.4 Å². The van der Waals surface area contributed by atoms with E-state index in [1.54, 1.807) is 6.07 Å². The van der Waals surface area contributed by atoms with Gasteiger partial charge in [0.25, 0.3) is 0 Å². The minimum atomic E-state index is -0.0201. The van der Waals surface area contributed by atoms with Crippen molar-refractivity contribution in [2.24, 2.45) is 0 Å². The number of benzene rings is 2. The Balaban J connectivity index is 2.84. The predicted octanol–water partition coefficient (Wildman–Crippen LogP) is 3.25. The molecular weight excluding hydrogens is 200 g/mol. The van der Waals surface area contributed by atoms with Crippen LogP contribution in [0.2, 0.25) is 0 Å². The van der Waals surface area contributed by atoms with Gasteiger partial charge in [0.1, 0.15) is 0 Å². The fraction of sp³-hybridized carbons (Fsp3) is 0.143. The molecule has 0 spiro atoms. The van der Waals surface area contributed by atoms with Gasteiger partial charge in [-0.25, -0.2) is 0 Å². The van der Waals surface area contributed by atoms with Crippen LogP contribution in [0.4, 0.5) is 0 Å². The minimum Gasteiger partial charge on any atom is -0.295 e. The Morgan fingerprint density at radius 1 is 0.938 bits per heavy atom. The van der Waals surface area contributed by atoms with Crippen LogP contribution in [0.5, 0.6) is 0 Å². The molecule has 2 rings (SSSR count). The summed E-state index contributed by atoms with van der Waals surface area (Å²) in [5, 5.41) is 1.83. The molecule has 2 nitrogen and oxygen atoms in total. The van der Waals surface area contributed by atoms with E-state index in [0.29, 0.717) is 11.1 Å². The number of hydrogen-bond donors (Lipinski definition) is 0. The summed E-state index contributed by atoms with van der Waals surface area (Å²) >= 11 is 0. The van der Waals surface area contributed by atoms with E-state index < -0.39 is 0 Å². The van der Waals surface area contributed by atoms with E-state index in [2.05, 4.69) is 0 Å². The maximum absolute atomic E-state index is 11.5. The van der Waals surface area contributed by atoms with E-state index in [1.165, 1.54) is 13.8 Å². The van der Waals surface area contributed by atoms with Crippen LogP contribution in [0.25, 0.3) is 10.8 Å². The van der Waals surface area contributed by atoms with E-state index in [4.69, 9.17) is 0 Å². The molecule has 2 aromatic rings. The first-order chi connectivity index (χ1) is 7.59. The fourth-order valence-corrected chi connectivity index (χ4v) is 1.81. The molecule has 0 atom stereocenters. The zero-order chi connectivity index (χ0) is 11.7. The molecule has 0 saturated carbocycles. The Labute approximate surface area is 93.9 Å². The molecule has 0 N–H and O–H groups in total. The van der Waals surface area contributed by atoms with Gasteiger partial charge in [-0.15, -0.1) is 0 Å². The molecule has 80 valence electrons. The van der Waals surface area contributed by atoms with Crippen LogP contribution in [0.3, 0.4) is 0 Å². The van der Waals surface area contributed by atoms with Gasteiger partial charge < -0.3 is 0 Å². The molecule has 0 amide bonds. The van der Waals surface area contributed by atoms with Crippen LogP contribution in [0.1, 0.15) is 34.6 Å². The molecule has 0 bridgehead atoms. The zero-order valence-electron chi connectivity index (χ0n) is 9.28. The van der Waals surface area contributed by atoms with Gasteiger partial charge in [0.15, 0.2) is 11.6 Å². The smallest absolute Gasteiger partial charge is 0.160 e. The molecule has 0 heterocycles. The van der Waals surface area contributed by atoms with Gasteiger partial charge in [0.05, 0.1) is 0 Å². The average molecular weight is 212 g/mol. The van der Waals surface area contributed by atoms with Crippen molar-refractivity contribution in [3.8, 4) is 0 Å². The number of Topliss-reactive ketones (excluding diaryl/α,β-unsaturated/α-hetero) is 2. The van der Waals surface area contributed by atoms with Crippen LogP contribution in [-0.2, 0) is 0 Å². The quantitative estimate of drug-likeness (QED) is 0.716. The van der Waals surface area contributed by atoms with Crippen molar-refractivity contribution < 1.29 is 9.59 Å².